The molecule has 1 unspecified atom stereocenters. The molecule has 0 spiro atoms. The predicted molar refractivity (Wildman–Crippen MR) is 155 cm³/mol. The molecule has 1 saturated heterocycles. The molecule has 2 aromatic carbocycles. The van der Waals surface area contributed by atoms with Crippen molar-refractivity contribution in [1.29, 1.82) is 0 Å². The third-order valence-electron chi connectivity index (χ3n) is 8.74. The standard InChI is InChI=1S/C32H37N3O5/c1-31(2)25(22-9-11-23(12-10-22)29(37)40-4)13-15-32(3)21-35(16-14-27(31)32)28(36)24-7-5-6-8-26(24)33-17-19-34(20-18-33)30(38)39/h5-14H,15-21H2,1-4H3,(H,38,39). The van der Waals surface area contributed by atoms with Gasteiger partial charge in [0.2, 0.25) is 0 Å². The van der Waals surface area contributed by atoms with E-state index in [1.165, 1.54) is 23.2 Å². The third kappa shape index (κ3) is 4.87. The van der Waals surface area contributed by atoms with Crippen LogP contribution in [0.25, 0.3) is 5.57 Å². The Morgan fingerprint density at radius 2 is 1.55 bits per heavy atom. The maximum absolute atomic E-state index is 13.9. The van der Waals surface area contributed by atoms with Crippen LogP contribution in [0.4, 0.5) is 10.5 Å². The zero-order chi connectivity index (χ0) is 28.7. The fourth-order valence-electron chi connectivity index (χ4n) is 6.71. The van der Waals surface area contributed by atoms with Crippen molar-refractivity contribution in [2.45, 2.75) is 27.2 Å². The molecule has 8 nitrogen and oxygen atoms in total. The molecule has 1 atom stereocenters. The zero-order valence-electron chi connectivity index (χ0n) is 23.6. The van der Waals surface area contributed by atoms with Crippen LogP contribution in [0.15, 0.2) is 66.3 Å². The summed E-state index contributed by atoms with van der Waals surface area (Å²) in [6, 6.07) is 15.2. The Balaban J connectivity index is 1.36. The fraction of sp³-hybridized carbons (Fsp3) is 0.406. The van der Waals surface area contributed by atoms with E-state index in [9.17, 15) is 19.5 Å². The fourth-order valence-corrected chi connectivity index (χ4v) is 6.71. The van der Waals surface area contributed by atoms with Crippen molar-refractivity contribution in [1.82, 2.24) is 9.80 Å². The quantitative estimate of drug-likeness (QED) is 0.423. The molecule has 0 radical (unpaired) electrons. The highest BCUT2D eigenvalue weighted by atomic mass is 16.5. The molecule has 3 aliphatic rings. The Morgan fingerprint density at radius 1 is 0.875 bits per heavy atom. The summed E-state index contributed by atoms with van der Waals surface area (Å²) in [6.07, 6.45) is 4.41. The molecule has 2 aliphatic heterocycles. The smallest absolute Gasteiger partial charge is 0.407 e. The number of nitrogens with zero attached hydrogens (tertiary/aromatic N) is 3. The summed E-state index contributed by atoms with van der Waals surface area (Å²) in [5.41, 5.74) is 5.24. The first kappa shape index (κ1) is 27.5. The van der Waals surface area contributed by atoms with Crippen LogP contribution in [0, 0.1) is 10.8 Å². The molecule has 1 fully saturated rings. The molecule has 2 heterocycles. The number of hydrogen-bond acceptors (Lipinski definition) is 5. The van der Waals surface area contributed by atoms with Gasteiger partial charge in [0.25, 0.3) is 5.91 Å². The maximum Gasteiger partial charge on any atom is 0.407 e. The summed E-state index contributed by atoms with van der Waals surface area (Å²) < 4.78 is 4.84. The van der Waals surface area contributed by atoms with E-state index in [1.54, 1.807) is 12.1 Å². The molecule has 2 amide bonds. The zero-order valence-corrected chi connectivity index (χ0v) is 23.6. The van der Waals surface area contributed by atoms with Crippen molar-refractivity contribution < 1.29 is 24.2 Å². The molecular weight excluding hydrogens is 506 g/mol. The topological polar surface area (TPSA) is 90.4 Å². The Bertz CT molecular complexity index is 1390. The van der Waals surface area contributed by atoms with Crippen molar-refractivity contribution in [3.8, 4) is 0 Å². The molecular formula is C32H37N3O5. The van der Waals surface area contributed by atoms with E-state index in [-0.39, 0.29) is 22.7 Å². The predicted octanol–water partition coefficient (Wildman–Crippen LogP) is 5.18. The lowest BCUT2D eigenvalue weighted by Gasteiger charge is -2.50. The van der Waals surface area contributed by atoms with Crippen LogP contribution in [0.5, 0.6) is 0 Å². The number of carboxylic acid groups (broad SMARTS) is 1. The van der Waals surface area contributed by atoms with Crippen molar-refractivity contribution >= 4 is 29.2 Å². The highest BCUT2D eigenvalue weighted by molar-refractivity contribution is 6.00. The Hall–Kier alpha value is -4.07. The first-order chi connectivity index (χ1) is 19.0. The molecule has 1 aliphatic carbocycles. The van der Waals surface area contributed by atoms with Crippen LogP contribution in [-0.4, -0.2) is 79.3 Å². The Kier molecular flexibility index (Phi) is 7.21. The largest absolute Gasteiger partial charge is 0.465 e. The van der Waals surface area contributed by atoms with Gasteiger partial charge in [0.15, 0.2) is 0 Å². The molecule has 2 aromatic rings. The summed E-state index contributed by atoms with van der Waals surface area (Å²) in [6.45, 7) is 9.81. The van der Waals surface area contributed by atoms with Gasteiger partial charge in [0.05, 0.1) is 18.2 Å². The number of piperazine rings is 1. The number of carbonyl (C=O) groups is 3. The molecule has 0 aromatic heterocycles. The number of esters is 1. The molecule has 40 heavy (non-hydrogen) atoms. The number of methoxy groups -OCH3 is 1. The minimum atomic E-state index is -0.904. The van der Waals surface area contributed by atoms with E-state index in [0.717, 1.165) is 17.7 Å². The van der Waals surface area contributed by atoms with Gasteiger partial charge < -0.3 is 24.5 Å². The van der Waals surface area contributed by atoms with Gasteiger partial charge in [-0.25, -0.2) is 9.59 Å². The van der Waals surface area contributed by atoms with E-state index in [4.69, 9.17) is 4.74 Å². The molecule has 1 N–H and O–H groups in total. The maximum atomic E-state index is 13.9. The number of fused-ring (bicyclic) bond motifs is 1. The van der Waals surface area contributed by atoms with Crippen LogP contribution < -0.4 is 4.90 Å². The average molecular weight is 544 g/mol. The number of para-hydroxylation sites is 1. The van der Waals surface area contributed by atoms with Gasteiger partial charge in [-0.1, -0.05) is 62.8 Å². The first-order valence-electron chi connectivity index (χ1n) is 13.8. The number of anilines is 1. The van der Waals surface area contributed by atoms with E-state index in [0.29, 0.717) is 50.4 Å². The number of amides is 2. The van der Waals surface area contributed by atoms with Gasteiger partial charge in [-0.05, 0) is 41.8 Å². The highest BCUT2D eigenvalue weighted by Gasteiger charge is 2.46. The number of ether oxygens (including phenoxy) is 1. The van der Waals surface area contributed by atoms with Crippen molar-refractivity contribution in [2.75, 3.05) is 51.3 Å². The number of rotatable bonds is 4. The van der Waals surface area contributed by atoms with Crippen LogP contribution >= 0.6 is 0 Å². The summed E-state index contributed by atoms with van der Waals surface area (Å²) in [5, 5.41) is 9.31. The average Bonchev–Trinajstić information content (AvgIpc) is 2.96. The Labute approximate surface area is 235 Å². The minimum absolute atomic E-state index is 0.00114. The number of hydrogen-bond donors (Lipinski definition) is 1. The van der Waals surface area contributed by atoms with Crippen molar-refractivity contribution in [3.63, 3.8) is 0 Å². The monoisotopic (exact) mass is 543 g/mol. The van der Waals surface area contributed by atoms with Gasteiger partial charge in [0.1, 0.15) is 0 Å². The van der Waals surface area contributed by atoms with Crippen LogP contribution in [-0.2, 0) is 4.74 Å². The van der Waals surface area contributed by atoms with E-state index in [2.05, 4.69) is 37.8 Å². The van der Waals surface area contributed by atoms with E-state index < -0.39 is 6.09 Å². The molecule has 0 saturated carbocycles. The van der Waals surface area contributed by atoms with Crippen molar-refractivity contribution in [3.05, 3.63) is 82.9 Å². The number of allylic oxidation sites excluding steroid dienone is 2. The second-order valence-electron chi connectivity index (χ2n) is 11.7. The summed E-state index contributed by atoms with van der Waals surface area (Å²) in [7, 11) is 1.38. The van der Waals surface area contributed by atoms with Gasteiger partial charge in [-0.3, -0.25) is 4.79 Å². The van der Waals surface area contributed by atoms with Gasteiger partial charge in [0, 0.05) is 55.8 Å². The van der Waals surface area contributed by atoms with Crippen LogP contribution in [0.3, 0.4) is 0 Å². The summed E-state index contributed by atoms with van der Waals surface area (Å²) >= 11 is 0. The molecule has 0 bridgehead atoms. The highest BCUT2D eigenvalue weighted by Crippen LogP contribution is 2.55. The lowest BCUT2D eigenvalue weighted by Crippen LogP contribution is -2.50. The summed E-state index contributed by atoms with van der Waals surface area (Å²) in [5.74, 6) is -0.348. The van der Waals surface area contributed by atoms with Gasteiger partial charge >= 0.3 is 12.1 Å². The summed E-state index contributed by atoms with van der Waals surface area (Å²) in [4.78, 5) is 42.6. The molecule has 5 rings (SSSR count). The van der Waals surface area contributed by atoms with E-state index in [1.807, 2.05) is 41.3 Å². The van der Waals surface area contributed by atoms with Crippen LogP contribution in [0.1, 0.15) is 53.5 Å². The third-order valence-corrected chi connectivity index (χ3v) is 8.74. The minimum Gasteiger partial charge on any atom is -0.465 e. The number of carbonyl (C=O) groups excluding carboxylic acids is 2. The van der Waals surface area contributed by atoms with Crippen molar-refractivity contribution in [2.24, 2.45) is 10.8 Å². The van der Waals surface area contributed by atoms with Gasteiger partial charge in [-0.15, -0.1) is 0 Å². The Morgan fingerprint density at radius 3 is 2.20 bits per heavy atom. The lowest BCUT2D eigenvalue weighted by atomic mass is 9.58. The second-order valence-corrected chi connectivity index (χ2v) is 11.7. The van der Waals surface area contributed by atoms with Gasteiger partial charge in [-0.2, -0.15) is 0 Å². The normalized spacial score (nSPS) is 22.1. The first-order valence-corrected chi connectivity index (χ1v) is 13.8. The molecule has 210 valence electrons. The number of benzene rings is 2. The van der Waals surface area contributed by atoms with Crippen LogP contribution in [0.2, 0.25) is 0 Å². The SMILES string of the molecule is COC(=O)c1ccc(C2=CCC3(C)CN(C(=O)c4ccccc4N4CCN(C(=O)O)CC4)CC=C3C2(C)C)cc1. The lowest BCUT2D eigenvalue weighted by molar-refractivity contribution is 0.0600. The second kappa shape index (κ2) is 10.5. The molecule has 8 heteroatoms. The van der Waals surface area contributed by atoms with E-state index >= 15 is 0 Å².